The molecule has 0 fully saturated rings. The molecule has 0 atom stereocenters. The van der Waals surface area contributed by atoms with Crippen molar-refractivity contribution >= 4 is 34.8 Å². The standard InChI is InChI=1S/C14H12Cl2N2O3/c1-21-11-6-3-7-18(14(11)20)8-12(19)17-10-5-2-4-9(15)13(10)16/h2-7H,8H2,1H3,(H,17,19). The Labute approximate surface area is 131 Å². The van der Waals surface area contributed by atoms with Crippen molar-refractivity contribution < 1.29 is 9.53 Å². The highest BCUT2D eigenvalue weighted by Crippen LogP contribution is 2.29. The van der Waals surface area contributed by atoms with Crippen LogP contribution in [0.5, 0.6) is 5.75 Å². The minimum atomic E-state index is -0.394. The average molecular weight is 327 g/mol. The van der Waals surface area contributed by atoms with E-state index in [-0.39, 0.29) is 22.9 Å². The fourth-order valence-electron chi connectivity index (χ4n) is 1.74. The summed E-state index contributed by atoms with van der Waals surface area (Å²) < 4.78 is 6.16. The third-order valence-electron chi connectivity index (χ3n) is 2.74. The van der Waals surface area contributed by atoms with Crippen LogP contribution in [-0.4, -0.2) is 17.6 Å². The number of nitrogens with one attached hydrogen (secondary N) is 1. The molecule has 5 nitrogen and oxygen atoms in total. The summed E-state index contributed by atoms with van der Waals surface area (Å²) in [5.41, 5.74) is 0.0115. The van der Waals surface area contributed by atoms with E-state index in [2.05, 4.69) is 5.32 Å². The molecule has 0 unspecified atom stereocenters. The highest BCUT2D eigenvalue weighted by atomic mass is 35.5. The molecule has 0 spiro atoms. The first kappa shape index (κ1) is 15.4. The van der Waals surface area contributed by atoms with Gasteiger partial charge in [0, 0.05) is 6.20 Å². The summed E-state index contributed by atoms with van der Waals surface area (Å²) in [5, 5.41) is 3.20. The van der Waals surface area contributed by atoms with E-state index in [9.17, 15) is 9.59 Å². The maximum atomic E-state index is 12.0. The number of benzene rings is 1. The van der Waals surface area contributed by atoms with Gasteiger partial charge >= 0.3 is 0 Å². The van der Waals surface area contributed by atoms with Crippen LogP contribution in [0.1, 0.15) is 0 Å². The maximum Gasteiger partial charge on any atom is 0.293 e. The minimum Gasteiger partial charge on any atom is -0.491 e. The van der Waals surface area contributed by atoms with Crippen LogP contribution in [0.15, 0.2) is 41.3 Å². The van der Waals surface area contributed by atoms with Crippen LogP contribution < -0.4 is 15.6 Å². The predicted molar refractivity (Wildman–Crippen MR) is 82.3 cm³/mol. The number of carbonyl (C=O) groups excluding carboxylic acids is 1. The van der Waals surface area contributed by atoms with Gasteiger partial charge in [0.25, 0.3) is 5.56 Å². The van der Waals surface area contributed by atoms with Crippen LogP contribution in [0.4, 0.5) is 5.69 Å². The molecule has 0 aliphatic rings. The van der Waals surface area contributed by atoms with Crippen molar-refractivity contribution in [1.82, 2.24) is 4.57 Å². The van der Waals surface area contributed by atoms with Gasteiger partial charge in [0.1, 0.15) is 6.54 Å². The van der Waals surface area contributed by atoms with E-state index in [0.29, 0.717) is 10.7 Å². The molecular formula is C14H12Cl2N2O3. The van der Waals surface area contributed by atoms with E-state index < -0.39 is 5.91 Å². The Balaban J connectivity index is 2.16. The number of anilines is 1. The lowest BCUT2D eigenvalue weighted by atomic mass is 10.3. The van der Waals surface area contributed by atoms with E-state index in [0.717, 1.165) is 0 Å². The number of ether oxygens (including phenoxy) is 1. The zero-order valence-corrected chi connectivity index (χ0v) is 12.6. The van der Waals surface area contributed by atoms with Gasteiger partial charge in [-0.15, -0.1) is 0 Å². The fraction of sp³-hybridized carbons (Fsp3) is 0.143. The van der Waals surface area contributed by atoms with Gasteiger partial charge < -0.3 is 14.6 Å². The summed E-state index contributed by atoms with van der Waals surface area (Å²) in [6.07, 6.45) is 1.50. The van der Waals surface area contributed by atoms with Crippen molar-refractivity contribution in [3.8, 4) is 5.75 Å². The molecule has 1 aromatic heterocycles. The summed E-state index contributed by atoms with van der Waals surface area (Å²) in [5.74, 6) is -0.222. The molecule has 0 bridgehead atoms. The van der Waals surface area contributed by atoms with Crippen LogP contribution in [0.2, 0.25) is 10.0 Å². The Hall–Kier alpha value is -1.98. The average Bonchev–Trinajstić information content (AvgIpc) is 2.46. The smallest absolute Gasteiger partial charge is 0.293 e. The third kappa shape index (κ3) is 3.56. The molecule has 1 aromatic carbocycles. The molecule has 7 heteroatoms. The monoisotopic (exact) mass is 326 g/mol. The second kappa shape index (κ2) is 6.65. The van der Waals surface area contributed by atoms with Gasteiger partial charge in [-0.3, -0.25) is 9.59 Å². The summed E-state index contributed by atoms with van der Waals surface area (Å²) in [6.45, 7) is -0.154. The number of halogens is 2. The summed E-state index contributed by atoms with van der Waals surface area (Å²) in [6, 6.07) is 8.07. The topological polar surface area (TPSA) is 60.3 Å². The molecule has 2 aromatic rings. The predicted octanol–water partition coefficient (Wildman–Crippen LogP) is 2.80. The Morgan fingerprint density at radius 2 is 2.05 bits per heavy atom. The number of carbonyl (C=O) groups is 1. The fourth-order valence-corrected chi connectivity index (χ4v) is 2.09. The highest BCUT2D eigenvalue weighted by Gasteiger charge is 2.10. The number of pyridine rings is 1. The van der Waals surface area contributed by atoms with E-state index in [1.807, 2.05) is 0 Å². The third-order valence-corrected chi connectivity index (χ3v) is 3.56. The normalized spacial score (nSPS) is 10.2. The minimum absolute atomic E-state index is 0.154. The molecule has 1 heterocycles. The van der Waals surface area contributed by atoms with E-state index >= 15 is 0 Å². The first-order chi connectivity index (χ1) is 10.0. The summed E-state index contributed by atoms with van der Waals surface area (Å²) in [7, 11) is 1.40. The van der Waals surface area contributed by atoms with Gasteiger partial charge in [-0.25, -0.2) is 0 Å². The number of hydrogen-bond donors (Lipinski definition) is 1. The number of methoxy groups -OCH3 is 1. The lowest BCUT2D eigenvalue weighted by Crippen LogP contribution is -2.27. The number of aromatic nitrogens is 1. The first-order valence-electron chi connectivity index (χ1n) is 6.00. The zero-order chi connectivity index (χ0) is 15.4. The van der Waals surface area contributed by atoms with Crippen LogP contribution in [0.3, 0.4) is 0 Å². The number of hydrogen-bond acceptors (Lipinski definition) is 3. The first-order valence-corrected chi connectivity index (χ1v) is 6.76. The van der Waals surface area contributed by atoms with Gasteiger partial charge in [-0.2, -0.15) is 0 Å². The highest BCUT2D eigenvalue weighted by molar-refractivity contribution is 6.43. The molecule has 0 saturated heterocycles. The van der Waals surface area contributed by atoms with Crippen molar-refractivity contribution in [2.75, 3.05) is 12.4 Å². The second-order valence-corrected chi connectivity index (χ2v) is 4.94. The molecule has 2 rings (SSSR count). The molecule has 0 radical (unpaired) electrons. The lowest BCUT2D eigenvalue weighted by Gasteiger charge is -2.10. The van der Waals surface area contributed by atoms with Crippen LogP contribution in [-0.2, 0) is 11.3 Å². The van der Waals surface area contributed by atoms with Crippen molar-refractivity contribution in [3.63, 3.8) is 0 Å². The molecule has 1 amide bonds. The summed E-state index contributed by atoms with van der Waals surface area (Å²) in [4.78, 5) is 23.9. The van der Waals surface area contributed by atoms with Gasteiger partial charge in [0.2, 0.25) is 5.91 Å². The summed E-state index contributed by atoms with van der Waals surface area (Å²) >= 11 is 11.9. The van der Waals surface area contributed by atoms with Crippen molar-refractivity contribution in [3.05, 3.63) is 56.9 Å². The van der Waals surface area contributed by atoms with E-state index in [4.69, 9.17) is 27.9 Å². The van der Waals surface area contributed by atoms with Gasteiger partial charge in [-0.05, 0) is 24.3 Å². The Morgan fingerprint density at radius 1 is 1.29 bits per heavy atom. The van der Waals surface area contributed by atoms with Crippen molar-refractivity contribution in [2.45, 2.75) is 6.54 Å². The number of nitrogens with zero attached hydrogens (tertiary/aromatic N) is 1. The van der Waals surface area contributed by atoms with Crippen molar-refractivity contribution in [2.24, 2.45) is 0 Å². The SMILES string of the molecule is COc1cccn(CC(=O)Nc2cccc(Cl)c2Cl)c1=O. The molecule has 0 saturated carbocycles. The quantitative estimate of drug-likeness (QED) is 0.939. The van der Waals surface area contributed by atoms with Crippen LogP contribution in [0, 0.1) is 0 Å². The molecule has 110 valence electrons. The van der Waals surface area contributed by atoms with Crippen LogP contribution >= 0.6 is 23.2 Å². The van der Waals surface area contributed by atoms with Gasteiger partial charge in [0.05, 0.1) is 22.8 Å². The molecule has 21 heavy (non-hydrogen) atoms. The largest absolute Gasteiger partial charge is 0.491 e. The van der Waals surface area contributed by atoms with E-state index in [1.165, 1.54) is 23.9 Å². The van der Waals surface area contributed by atoms with Crippen molar-refractivity contribution in [1.29, 1.82) is 0 Å². The molecular weight excluding hydrogens is 315 g/mol. The van der Waals surface area contributed by atoms with Gasteiger partial charge in [-0.1, -0.05) is 29.3 Å². The zero-order valence-electron chi connectivity index (χ0n) is 11.1. The lowest BCUT2D eigenvalue weighted by molar-refractivity contribution is -0.116. The Bertz CT molecular complexity index is 728. The Kier molecular flexibility index (Phi) is 4.88. The molecule has 0 aliphatic carbocycles. The second-order valence-electron chi connectivity index (χ2n) is 4.16. The van der Waals surface area contributed by atoms with Crippen LogP contribution in [0.25, 0.3) is 0 Å². The number of rotatable bonds is 4. The maximum absolute atomic E-state index is 12.0. The Morgan fingerprint density at radius 3 is 2.76 bits per heavy atom. The molecule has 1 N–H and O–H groups in total. The van der Waals surface area contributed by atoms with Gasteiger partial charge in [0.15, 0.2) is 5.75 Å². The van der Waals surface area contributed by atoms with E-state index in [1.54, 1.807) is 24.3 Å². The molecule has 0 aliphatic heterocycles. The number of amides is 1.